The Kier molecular flexibility index (Phi) is 5.51. The molecule has 30 heavy (non-hydrogen) atoms. The van der Waals surface area contributed by atoms with E-state index in [-0.39, 0.29) is 42.7 Å². The number of ether oxygens (including phenoxy) is 1. The van der Waals surface area contributed by atoms with E-state index >= 15 is 0 Å². The molecule has 1 saturated carbocycles. The maximum Gasteiger partial charge on any atom is 0.312 e. The van der Waals surface area contributed by atoms with Gasteiger partial charge in [0.15, 0.2) is 5.75 Å². The van der Waals surface area contributed by atoms with Gasteiger partial charge >= 0.3 is 5.69 Å². The zero-order valence-corrected chi connectivity index (χ0v) is 17.9. The summed E-state index contributed by atoms with van der Waals surface area (Å²) in [4.78, 5) is 25.7. The van der Waals surface area contributed by atoms with Crippen molar-refractivity contribution in [1.29, 1.82) is 0 Å². The van der Waals surface area contributed by atoms with E-state index in [2.05, 4.69) is 0 Å². The van der Waals surface area contributed by atoms with Gasteiger partial charge in [-0.05, 0) is 47.9 Å². The Morgan fingerprint density at radius 3 is 2.50 bits per heavy atom. The topological polar surface area (TPSA) is 110 Å². The Bertz CT molecular complexity index is 1090. The van der Waals surface area contributed by atoms with Gasteiger partial charge in [0.05, 0.1) is 21.8 Å². The van der Waals surface area contributed by atoms with Crippen LogP contribution < -0.4 is 4.74 Å². The van der Waals surface area contributed by atoms with Crippen molar-refractivity contribution >= 4 is 33.0 Å². The van der Waals surface area contributed by atoms with Crippen molar-refractivity contribution in [3.8, 4) is 5.75 Å². The summed E-state index contributed by atoms with van der Waals surface area (Å²) in [7, 11) is -2.63. The number of nitro benzene ring substituents is 1. The monoisotopic (exact) mass is 451 g/mol. The maximum atomic E-state index is 13.0. The number of nitrogens with zero attached hydrogens (tertiary/aromatic N) is 3. The van der Waals surface area contributed by atoms with Crippen molar-refractivity contribution in [2.75, 3.05) is 33.3 Å². The van der Waals surface area contributed by atoms with Crippen LogP contribution in [0.1, 0.15) is 34.0 Å². The van der Waals surface area contributed by atoms with E-state index in [0.29, 0.717) is 5.92 Å². The van der Waals surface area contributed by atoms with Gasteiger partial charge in [0.25, 0.3) is 5.91 Å². The minimum atomic E-state index is -3.92. The van der Waals surface area contributed by atoms with E-state index in [1.54, 1.807) is 4.90 Å². The SMILES string of the molecule is COc1ccc(S(=O)(=O)N2CCN(C(=O)c3sccc3C3CC3)CC2)cc1[N+](=O)[O-]. The second-order valence-electron chi connectivity index (χ2n) is 7.27. The molecule has 1 saturated heterocycles. The number of methoxy groups -OCH3 is 1. The van der Waals surface area contributed by atoms with Gasteiger partial charge < -0.3 is 9.64 Å². The molecule has 0 spiro atoms. The van der Waals surface area contributed by atoms with Crippen LogP contribution in [0.3, 0.4) is 0 Å². The number of carbonyl (C=O) groups excluding carboxylic acids is 1. The summed E-state index contributed by atoms with van der Waals surface area (Å²) in [6.07, 6.45) is 2.22. The van der Waals surface area contributed by atoms with Gasteiger partial charge in [-0.3, -0.25) is 14.9 Å². The molecule has 1 aromatic heterocycles. The van der Waals surface area contributed by atoms with Crippen LogP contribution in [0.2, 0.25) is 0 Å². The highest BCUT2D eigenvalue weighted by molar-refractivity contribution is 7.89. The smallest absolute Gasteiger partial charge is 0.312 e. The molecule has 1 aliphatic carbocycles. The second-order valence-corrected chi connectivity index (χ2v) is 10.1. The Morgan fingerprint density at radius 1 is 1.20 bits per heavy atom. The predicted molar refractivity (Wildman–Crippen MR) is 111 cm³/mol. The third-order valence-corrected chi connectivity index (χ3v) is 8.23. The van der Waals surface area contributed by atoms with E-state index < -0.39 is 20.6 Å². The van der Waals surface area contributed by atoms with Crippen LogP contribution in [0.5, 0.6) is 5.75 Å². The van der Waals surface area contributed by atoms with Gasteiger partial charge in [0.1, 0.15) is 0 Å². The minimum Gasteiger partial charge on any atom is -0.490 e. The van der Waals surface area contributed by atoms with Crippen molar-refractivity contribution in [2.45, 2.75) is 23.7 Å². The fourth-order valence-electron chi connectivity index (χ4n) is 3.61. The number of sulfonamides is 1. The van der Waals surface area contributed by atoms with Crippen LogP contribution in [-0.2, 0) is 10.0 Å². The van der Waals surface area contributed by atoms with Crippen molar-refractivity contribution < 1.29 is 22.9 Å². The average Bonchev–Trinajstić information content (AvgIpc) is 3.49. The largest absolute Gasteiger partial charge is 0.490 e. The summed E-state index contributed by atoms with van der Waals surface area (Å²) in [6.45, 7) is 0.826. The third-order valence-electron chi connectivity index (χ3n) is 5.42. The molecule has 2 heterocycles. The minimum absolute atomic E-state index is 0.00298. The molecule has 1 aromatic carbocycles. The predicted octanol–water partition coefficient (Wildman–Crippen LogP) is 2.69. The van der Waals surface area contributed by atoms with E-state index in [1.807, 2.05) is 11.4 Å². The van der Waals surface area contributed by atoms with Gasteiger partial charge in [-0.2, -0.15) is 4.31 Å². The zero-order valence-electron chi connectivity index (χ0n) is 16.3. The molecule has 1 aliphatic heterocycles. The Morgan fingerprint density at radius 2 is 1.90 bits per heavy atom. The Labute approximate surface area is 178 Å². The highest BCUT2D eigenvalue weighted by atomic mass is 32.2. The fraction of sp³-hybridized carbons (Fsp3) is 0.421. The first-order chi connectivity index (χ1) is 14.3. The highest BCUT2D eigenvalue weighted by Crippen LogP contribution is 2.43. The van der Waals surface area contributed by atoms with Gasteiger partial charge in [0, 0.05) is 32.2 Å². The summed E-state index contributed by atoms with van der Waals surface area (Å²) in [5, 5.41) is 13.1. The van der Waals surface area contributed by atoms with Crippen LogP contribution in [-0.4, -0.2) is 61.7 Å². The summed E-state index contributed by atoms with van der Waals surface area (Å²) in [5.74, 6) is 0.420. The second kappa shape index (κ2) is 7.97. The molecular weight excluding hydrogens is 430 g/mol. The molecule has 1 amide bonds. The van der Waals surface area contributed by atoms with Gasteiger partial charge in [0.2, 0.25) is 10.0 Å². The lowest BCUT2D eigenvalue weighted by Crippen LogP contribution is -2.50. The fourth-order valence-corrected chi connectivity index (χ4v) is 6.00. The van der Waals surface area contributed by atoms with Gasteiger partial charge in [-0.1, -0.05) is 0 Å². The van der Waals surface area contributed by atoms with E-state index in [1.165, 1.54) is 34.9 Å². The van der Waals surface area contributed by atoms with Gasteiger partial charge in [-0.15, -0.1) is 11.3 Å². The summed E-state index contributed by atoms with van der Waals surface area (Å²) in [6, 6.07) is 5.60. The molecule has 2 fully saturated rings. The molecule has 9 nitrogen and oxygen atoms in total. The number of carbonyl (C=O) groups is 1. The zero-order chi connectivity index (χ0) is 21.5. The van der Waals surface area contributed by atoms with Crippen LogP contribution >= 0.6 is 11.3 Å². The first kappa shape index (κ1) is 20.8. The molecule has 0 N–H and O–H groups in total. The molecule has 2 aromatic rings. The number of benzene rings is 1. The molecule has 0 atom stereocenters. The number of hydrogen-bond acceptors (Lipinski definition) is 7. The van der Waals surface area contributed by atoms with Crippen molar-refractivity contribution in [3.63, 3.8) is 0 Å². The third kappa shape index (κ3) is 3.80. The van der Waals surface area contributed by atoms with Crippen LogP contribution in [0.4, 0.5) is 5.69 Å². The van der Waals surface area contributed by atoms with Crippen molar-refractivity contribution in [2.24, 2.45) is 0 Å². The van der Waals surface area contributed by atoms with Crippen molar-refractivity contribution in [3.05, 3.63) is 50.2 Å². The van der Waals surface area contributed by atoms with Crippen molar-refractivity contribution in [1.82, 2.24) is 9.21 Å². The molecule has 160 valence electrons. The number of hydrogen-bond donors (Lipinski definition) is 0. The summed E-state index contributed by atoms with van der Waals surface area (Å²) >= 11 is 1.43. The van der Waals surface area contributed by atoms with Gasteiger partial charge in [-0.25, -0.2) is 8.42 Å². The lowest BCUT2D eigenvalue weighted by molar-refractivity contribution is -0.386. The molecule has 2 aliphatic rings. The summed E-state index contributed by atoms with van der Waals surface area (Å²) < 4.78 is 32.2. The molecule has 11 heteroatoms. The maximum absolute atomic E-state index is 13.0. The molecule has 0 bridgehead atoms. The summed E-state index contributed by atoms with van der Waals surface area (Å²) in [5.41, 5.74) is 0.697. The lowest BCUT2D eigenvalue weighted by atomic mass is 10.1. The van der Waals surface area contributed by atoms with Crippen LogP contribution in [0, 0.1) is 10.1 Å². The first-order valence-electron chi connectivity index (χ1n) is 9.52. The molecule has 0 unspecified atom stereocenters. The van der Waals surface area contributed by atoms with Crippen LogP contribution in [0.15, 0.2) is 34.5 Å². The number of amides is 1. The first-order valence-corrected chi connectivity index (χ1v) is 11.8. The number of thiophene rings is 1. The Hall–Kier alpha value is -2.50. The quantitative estimate of drug-likeness (QED) is 0.493. The normalized spacial score (nSPS) is 17.7. The number of nitro groups is 1. The number of rotatable bonds is 6. The standard InChI is InChI=1S/C19H21N3O6S2/c1-28-17-5-4-14(12-16(17)22(24)25)30(26,27)21-9-7-20(8-10-21)19(23)18-15(6-11-29-18)13-2-3-13/h4-6,11-13H,2-3,7-10H2,1H3. The molecule has 4 rings (SSSR count). The molecular formula is C19H21N3O6S2. The molecule has 0 radical (unpaired) electrons. The Balaban J connectivity index is 1.48. The average molecular weight is 452 g/mol. The highest BCUT2D eigenvalue weighted by Gasteiger charge is 2.34. The van der Waals surface area contributed by atoms with Crippen LogP contribution in [0.25, 0.3) is 0 Å². The van der Waals surface area contributed by atoms with E-state index in [9.17, 15) is 23.3 Å². The van der Waals surface area contributed by atoms with E-state index in [4.69, 9.17) is 4.74 Å². The lowest BCUT2D eigenvalue weighted by Gasteiger charge is -2.34. The van der Waals surface area contributed by atoms with E-state index in [0.717, 1.165) is 29.3 Å². The number of piperazine rings is 1.